The molecule has 2 atom stereocenters. The lowest BCUT2D eigenvalue weighted by Crippen LogP contribution is -2.45. The minimum atomic E-state index is 0.142. The summed E-state index contributed by atoms with van der Waals surface area (Å²) in [5.41, 5.74) is 5.97. The molecule has 2 unspecified atom stereocenters. The zero-order chi connectivity index (χ0) is 17.2. The zero-order valence-corrected chi connectivity index (χ0v) is 15.2. The van der Waals surface area contributed by atoms with Crippen molar-refractivity contribution in [1.29, 1.82) is 0 Å². The van der Waals surface area contributed by atoms with Crippen molar-refractivity contribution in [3.63, 3.8) is 0 Å². The standard InChI is InChI=1S/C18H35N3O2/c1-4-11-20(12-5-2)17(22)9-6-10-18(23)21-13-7-8-16(14-21)15(3)19/h15-16H,4-14,19H2,1-3H3. The maximum absolute atomic E-state index is 12.3. The third-order valence-electron chi connectivity index (χ3n) is 4.68. The van der Waals surface area contributed by atoms with Crippen molar-refractivity contribution in [2.45, 2.75) is 71.8 Å². The Morgan fingerprint density at radius 2 is 1.87 bits per heavy atom. The van der Waals surface area contributed by atoms with Crippen LogP contribution < -0.4 is 5.73 Å². The van der Waals surface area contributed by atoms with Gasteiger partial charge in [-0.2, -0.15) is 0 Å². The highest BCUT2D eigenvalue weighted by Gasteiger charge is 2.25. The molecule has 1 saturated heterocycles. The van der Waals surface area contributed by atoms with Crippen LogP contribution in [0.5, 0.6) is 0 Å². The monoisotopic (exact) mass is 325 g/mol. The third-order valence-corrected chi connectivity index (χ3v) is 4.68. The predicted molar refractivity (Wildman–Crippen MR) is 94.0 cm³/mol. The molecule has 2 amide bonds. The molecule has 1 aliphatic heterocycles. The van der Waals surface area contributed by atoms with Crippen LogP contribution in [0.1, 0.15) is 65.7 Å². The molecular weight excluding hydrogens is 290 g/mol. The first-order chi connectivity index (χ1) is 11.0. The molecule has 23 heavy (non-hydrogen) atoms. The summed E-state index contributed by atoms with van der Waals surface area (Å²) in [5.74, 6) is 0.785. The minimum Gasteiger partial charge on any atom is -0.343 e. The fraction of sp³-hybridized carbons (Fsp3) is 0.889. The highest BCUT2D eigenvalue weighted by molar-refractivity contribution is 5.79. The molecule has 0 aromatic carbocycles. The van der Waals surface area contributed by atoms with Crippen molar-refractivity contribution >= 4 is 11.8 Å². The van der Waals surface area contributed by atoms with Crippen LogP contribution >= 0.6 is 0 Å². The number of nitrogens with two attached hydrogens (primary N) is 1. The van der Waals surface area contributed by atoms with E-state index in [1.165, 1.54) is 0 Å². The Balaban J connectivity index is 2.33. The first kappa shape index (κ1) is 19.9. The lowest BCUT2D eigenvalue weighted by Gasteiger charge is -2.34. The van der Waals surface area contributed by atoms with Gasteiger partial charge in [-0.15, -0.1) is 0 Å². The second kappa shape index (κ2) is 10.6. The SMILES string of the molecule is CCCN(CCC)C(=O)CCCC(=O)N1CCCC(C(C)N)C1. The minimum absolute atomic E-state index is 0.142. The average Bonchev–Trinajstić information content (AvgIpc) is 2.54. The predicted octanol–water partition coefficient (Wildman–Crippen LogP) is 2.39. The molecule has 0 bridgehead atoms. The topological polar surface area (TPSA) is 66.6 Å². The molecule has 0 spiro atoms. The number of likely N-dealkylation sites (tertiary alicyclic amines) is 1. The molecule has 5 nitrogen and oxygen atoms in total. The fourth-order valence-electron chi connectivity index (χ4n) is 3.27. The van der Waals surface area contributed by atoms with Crippen LogP contribution in [0.2, 0.25) is 0 Å². The zero-order valence-electron chi connectivity index (χ0n) is 15.2. The number of carbonyl (C=O) groups excluding carboxylic acids is 2. The van der Waals surface area contributed by atoms with Gasteiger partial charge >= 0.3 is 0 Å². The van der Waals surface area contributed by atoms with Gasteiger partial charge in [-0.3, -0.25) is 9.59 Å². The Morgan fingerprint density at radius 1 is 1.22 bits per heavy atom. The molecule has 0 radical (unpaired) electrons. The molecule has 0 aromatic heterocycles. The molecule has 0 aromatic rings. The van der Waals surface area contributed by atoms with Gasteiger partial charge in [-0.05, 0) is 44.9 Å². The Hall–Kier alpha value is -1.10. The fourth-order valence-corrected chi connectivity index (χ4v) is 3.27. The van der Waals surface area contributed by atoms with Crippen LogP contribution in [0.4, 0.5) is 0 Å². The molecule has 2 N–H and O–H groups in total. The smallest absolute Gasteiger partial charge is 0.222 e. The number of nitrogens with zero attached hydrogens (tertiary/aromatic N) is 2. The quantitative estimate of drug-likeness (QED) is 0.708. The molecule has 1 heterocycles. The molecule has 0 saturated carbocycles. The van der Waals surface area contributed by atoms with Gasteiger partial charge in [0.05, 0.1) is 0 Å². The summed E-state index contributed by atoms with van der Waals surface area (Å²) in [5, 5.41) is 0. The van der Waals surface area contributed by atoms with E-state index in [2.05, 4.69) is 13.8 Å². The number of hydrogen-bond donors (Lipinski definition) is 1. The van der Waals surface area contributed by atoms with Crippen molar-refractivity contribution in [1.82, 2.24) is 9.80 Å². The summed E-state index contributed by atoms with van der Waals surface area (Å²) in [7, 11) is 0. The number of carbonyl (C=O) groups is 2. The van der Waals surface area contributed by atoms with Crippen molar-refractivity contribution in [2.75, 3.05) is 26.2 Å². The lowest BCUT2D eigenvalue weighted by molar-refractivity contribution is -0.134. The summed E-state index contributed by atoms with van der Waals surface area (Å²) < 4.78 is 0. The van der Waals surface area contributed by atoms with Crippen molar-refractivity contribution in [3.05, 3.63) is 0 Å². The Bertz CT molecular complexity index is 365. The largest absolute Gasteiger partial charge is 0.343 e. The Labute approximate surface area is 141 Å². The van der Waals surface area contributed by atoms with Gasteiger partial charge < -0.3 is 15.5 Å². The van der Waals surface area contributed by atoms with Crippen molar-refractivity contribution in [2.24, 2.45) is 11.7 Å². The molecule has 134 valence electrons. The van der Waals surface area contributed by atoms with Crippen LogP contribution in [0.15, 0.2) is 0 Å². The Morgan fingerprint density at radius 3 is 2.43 bits per heavy atom. The van der Waals surface area contributed by atoms with E-state index in [1.54, 1.807) is 0 Å². The first-order valence-corrected chi connectivity index (χ1v) is 9.30. The second-order valence-corrected chi connectivity index (χ2v) is 6.84. The highest BCUT2D eigenvalue weighted by Crippen LogP contribution is 2.19. The van der Waals surface area contributed by atoms with E-state index < -0.39 is 0 Å². The second-order valence-electron chi connectivity index (χ2n) is 6.84. The van der Waals surface area contributed by atoms with Crippen molar-refractivity contribution in [3.8, 4) is 0 Å². The van der Waals surface area contributed by atoms with Crippen molar-refractivity contribution < 1.29 is 9.59 Å². The third kappa shape index (κ3) is 6.90. The maximum atomic E-state index is 12.3. The Kier molecular flexibility index (Phi) is 9.22. The molecule has 1 fully saturated rings. The summed E-state index contributed by atoms with van der Waals surface area (Å²) in [6, 6.07) is 0.142. The van der Waals surface area contributed by atoms with E-state index in [4.69, 9.17) is 5.73 Å². The lowest BCUT2D eigenvalue weighted by atomic mass is 9.92. The van der Waals surface area contributed by atoms with Crippen LogP contribution in [0, 0.1) is 5.92 Å². The van der Waals surface area contributed by atoms with E-state index in [9.17, 15) is 9.59 Å². The average molecular weight is 325 g/mol. The highest BCUT2D eigenvalue weighted by atomic mass is 16.2. The first-order valence-electron chi connectivity index (χ1n) is 9.30. The van der Waals surface area contributed by atoms with Crippen LogP contribution in [0.3, 0.4) is 0 Å². The van der Waals surface area contributed by atoms with Gasteiger partial charge in [0.1, 0.15) is 0 Å². The summed E-state index contributed by atoms with van der Waals surface area (Å²) >= 11 is 0. The molecular formula is C18H35N3O2. The number of hydrogen-bond acceptors (Lipinski definition) is 3. The van der Waals surface area contributed by atoms with Gasteiger partial charge in [-0.1, -0.05) is 13.8 Å². The van der Waals surface area contributed by atoms with Gasteiger partial charge in [0, 0.05) is 45.1 Å². The molecule has 5 heteroatoms. The van der Waals surface area contributed by atoms with Gasteiger partial charge in [-0.25, -0.2) is 0 Å². The van der Waals surface area contributed by atoms with Gasteiger partial charge in [0.2, 0.25) is 11.8 Å². The number of rotatable bonds is 9. The number of piperidine rings is 1. The molecule has 1 aliphatic rings. The normalized spacial score (nSPS) is 19.5. The molecule has 0 aliphatic carbocycles. The summed E-state index contributed by atoms with van der Waals surface area (Å²) in [6.07, 6.45) is 5.73. The summed E-state index contributed by atoms with van der Waals surface area (Å²) in [4.78, 5) is 28.4. The van der Waals surface area contributed by atoms with Gasteiger partial charge in [0.25, 0.3) is 0 Å². The molecule has 1 rings (SSSR count). The summed E-state index contributed by atoms with van der Waals surface area (Å²) in [6.45, 7) is 9.46. The van der Waals surface area contributed by atoms with E-state index in [-0.39, 0.29) is 17.9 Å². The van der Waals surface area contributed by atoms with E-state index >= 15 is 0 Å². The van der Waals surface area contributed by atoms with Crippen LogP contribution in [-0.2, 0) is 9.59 Å². The van der Waals surface area contributed by atoms with E-state index in [0.717, 1.165) is 51.9 Å². The number of amides is 2. The van der Waals surface area contributed by atoms with Gasteiger partial charge in [0.15, 0.2) is 0 Å². The van der Waals surface area contributed by atoms with Crippen LogP contribution in [0.25, 0.3) is 0 Å². The maximum Gasteiger partial charge on any atom is 0.222 e. The van der Waals surface area contributed by atoms with Crippen LogP contribution in [-0.4, -0.2) is 53.8 Å². The van der Waals surface area contributed by atoms with E-state index in [0.29, 0.717) is 25.2 Å². The van der Waals surface area contributed by atoms with E-state index in [1.807, 2.05) is 16.7 Å².